The Morgan fingerprint density at radius 3 is 2.37 bits per heavy atom. The van der Waals surface area contributed by atoms with E-state index in [-0.39, 0.29) is 0 Å². The number of likely N-dealkylation sites (tertiary alicyclic amines) is 1. The van der Waals surface area contributed by atoms with E-state index in [0.29, 0.717) is 21.1 Å². The Hall–Kier alpha value is -2.67. The molecule has 0 amide bonds. The summed E-state index contributed by atoms with van der Waals surface area (Å²) in [5, 5.41) is 4.48. The van der Waals surface area contributed by atoms with E-state index in [4.69, 9.17) is 38.2 Å². The number of anilines is 1. The topological polar surface area (TPSA) is 58.9 Å². The van der Waals surface area contributed by atoms with Crippen molar-refractivity contribution in [2.75, 3.05) is 31.5 Å². The number of hydrogen-bond donors (Lipinski definition) is 1. The largest absolute Gasteiger partial charge is 0.368 e. The Morgan fingerprint density at radius 1 is 0.943 bits per heavy atom. The smallest absolute Gasteiger partial charge is 0.163 e. The molecule has 1 N–H and O–H groups in total. The van der Waals surface area contributed by atoms with E-state index in [1.165, 1.54) is 25.9 Å². The molecule has 1 aliphatic rings. The number of halogens is 2. The van der Waals surface area contributed by atoms with E-state index in [2.05, 4.69) is 33.8 Å². The van der Waals surface area contributed by atoms with Crippen molar-refractivity contribution in [1.29, 1.82) is 0 Å². The first-order valence-corrected chi connectivity index (χ1v) is 13.1. The van der Waals surface area contributed by atoms with Gasteiger partial charge in [0, 0.05) is 13.1 Å². The van der Waals surface area contributed by atoms with Crippen molar-refractivity contribution in [2.45, 2.75) is 39.2 Å². The molecule has 0 radical (unpaired) electrons. The highest BCUT2D eigenvalue weighted by molar-refractivity contribution is 6.42. The van der Waals surface area contributed by atoms with Crippen molar-refractivity contribution in [3.63, 3.8) is 0 Å². The zero-order valence-electron chi connectivity index (χ0n) is 20.0. The maximum absolute atomic E-state index is 6.30. The van der Waals surface area contributed by atoms with E-state index in [1.54, 1.807) is 12.1 Å². The van der Waals surface area contributed by atoms with Crippen LogP contribution >= 0.6 is 23.2 Å². The molecular weight excluding hydrogens is 479 g/mol. The Morgan fingerprint density at radius 2 is 1.66 bits per heavy atom. The Bertz CT molecular complexity index is 1300. The van der Waals surface area contributed by atoms with Gasteiger partial charge in [0.25, 0.3) is 0 Å². The molecule has 0 atom stereocenters. The van der Waals surface area contributed by atoms with Gasteiger partial charge in [0.2, 0.25) is 0 Å². The Balaban J connectivity index is 1.47. The minimum atomic E-state index is 0.464. The normalized spacial score (nSPS) is 14.1. The van der Waals surface area contributed by atoms with Crippen LogP contribution in [0.25, 0.3) is 33.8 Å². The van der Waals surface area contributed by atoms with E-state index in [0.717, 1.165) is 61.1 Å². The molecule has 2 aromatic carbocycles. The van der Waals surface area contributed by atoms with Crippen LogP contribution in [0.1, 0.15) is 32.6 Å². The second-order valence-corrected chi connectivity index (χ2v) is 9.75. The number of fused-ring (bicyclic) bond motifs is 1. The average molecular weight is 509 g/mol. The predicted octanol–water partition coefficient (Wildman–Crippen LogP) is 6.77. The zero-order chi connectivity index (χ0) is 24.2. The lowest BCUT2D eigenvalue weighted by Crippen LogP contribution is -2.21. The molecule has 0 unspecified atom stereocenters. The lowest BCUT2D eigenvalue weighted by Gasteiger charge is -2.16. The summed E-state index contributed by atoms with van der Waals surface area (Å²) < 4.78 is 2.18. The molecule has 3 heterocycles. The van der Waals surface area contributed by atoms with Gasteiger partial charge >= 0.3 is 0 Å². The van der Waals surface area contributed by atoms with Gasteiger partial charge in [-0.25, -0.2) is 15.0 Å². The zero-order valence-corrected chi connectivity index (χ0v) is 21.5. The number of nitrogens with zero attached hydrogens (tertiary/aromatic N) is 5. The van der Waals surface area contributed by atoms with Crippen LogP contribution in [0.4, 0.5) is 5.82 Å². The summed E-state index contributed by atoms with van der Waals surface area (Å²) >= 11 is 12.6. The molecule has 8 heteroatoms. The maximum Gasteiger partial charge on any atom is 0.163 e. The molecule has 1 fully saturated rings. The Labute approximate surface area is 216 Å². The molecule has 1 saturated heterocycles. The summed E-state index contributed by atoms with van der Waals surface area (Å²) in [6.07, 6.45) is 6.79. The van der Waals surface area contributed by atoms with Crippen molar-refractivity contribution >= 4 is 40.1 Å². The van der Waals surface area contributed by atoms with Crippen molar-refractivity contribution in [3.05, 3.63) is 58.7 Å². The van der Waals surface area contributed by atoms with Gasteiger partial charge in [-0.1, -0.05) is 53.5 Å². The number of benzene rings is 2. The average Bonchev–Trinajstić information content (AvgIpc) is 3.55. The standard InChI is InChI=1S/C27H30Cl2N6/c1-2-35-24(19-10-4-3-5-11-19)18-31-27(35)25-26(30-12-6-7-13-34-14-8-9-15-34)33-23-17-21(29)20(28)16-22(23)32-25/h3-5,10-11,16-18H,2,6-9,12-15H2,1H3,(H,30,33). The van der Waals surface area contributed by atoms with Crippen molar-refractivity contribution < 1.29 is 0 Å². The van der Waals surface area contributed by atoms with Crippen LogP contribution in [0.2, 0.25) is 10.0 Å². The quantitative estimate of drug-likeness (QED) is 0.252. The van der Waals surface area contributed by atoms with E-state index in [9.17, 15) is 0 Å². The number of rotatable bonds is 9. The van der Waals surface area contributed by atoms with Gasteiger partial charge < -0.3 is 14.8 Å². The summed E-state index contributed by atoms with van der Waals surface area (Å²) in [5.41, 5.74) is 4.30. The fourth-order valence-electron chi connectivity index (χ4n) is 4.73. The highest BCUT2D eigenvalue weighted by Crippen LogP contribution is 2.33. The number of aromatic nitrogens is 4. The van der Waals surface area contributed by atoms with Gasteiger partial charge in [-0.2, -0.15) is 0 Å². The Kier molecular flexibility index (Phi) is 7.51. The SMILES string of the molecule is CCn1c(-c2ccccc2)cnc1-c1nc2cc(Cl)c(Cl)cc2nc1NCCCCN1CCCC1. The lowest BCUT2D eigenvalue weighted by molar-refractivity contribution is 0.331. The first-order valence-electron chi connectivity index (χ1n) is 12.4. The monoisotopic (exact) mass is 508 g/mol. The molecule has 0 saturated carbocycles. The minimum Gasteiger partial charge on any atom is -0.368 e. The number of nitrogens with one attached hydrogen (secondary N) is 1. The van der Waals surface area contributed by atoms with Crippen LogP contribution in [-0.4, -0.2) is 50.6 Å². The third-order valence-electron chi connectivity index (χ3n) is 6.55. The molecule has 2 aromatic heterocycles. The van der Waals surface area contributed by atoms with Gasteiger partial charge in [0.15, 0.2) is 11.6 Å². The van der Waals surface area contributed by atoms with E-state index < -0.39 is 0 Å². The molecule has 4 aromatic rings. The molecule has 5 rings (SSSR count). The molecule has 35 heavy (non-hydrogen) atoms. The summed E-state index contributed by atoms with van der Waals surface area (Å²) in [7, 11) is 0. The van der Waals surface area contributed by atoms with Crippen molar-refractivity contribution in [2.24, 2.45) is 0 Å². The van der Waals surface area contributed by atoms with Crippen LogP contribution in [0.5, 0.6) is 0 Å². The number of unbranched alkanes of at least 4 members (excludes halogenated alkanes) is 1. The molecule has 182 valence electrons. The van der Waals surface area contributed by atoms with Gasteiger partial charge in [0.1, 0.15) is 5.69 Å². The predicted molar refractivity (Wildman–Crippen MR) is 145 cm³/mol. The molecule has 0 spiro atoms. The highest BCUT2D eigenvalue weighted by atomic mass is 35.5. The number of hydrogen-bond acceptors (Lipinski definition) is 5. The lowest BCUT2D eigenvalue weighted by atomic mass is 10.2. The molecular formula is C27H30Cl2N6. The summed E-state index contributed by atoms with van der Waals surface area (Å²) in [4.78, 5) is 17.2. The fraction of sp³-hybridized carbons (Fsp3) is 0.370. The first kappa shape index (κ1) is 24.0. The van der Waals surface area contributed by atoms with Crippen LogP contribution < -0.4 is 5.32 Å². The molecule has 0 bridgehead atoms. The molecule has 1 aliphatic heterocycles. The van der Waals surface area contributed by atoms with Crippen LogP contribution in [0.3, 0.4) is 0 Å². The van der Waals surface area contributed by atoms with Gasteiger partial charge in [-0.05, 0) is 69.9 Å². The van der Waals surface area contributed by atoms with Gasteiger partial charge in [0.05, 0.1) is 33.0 Å². The van der Waals surface area contributed by atoms with Crippen LogP contribution in [0.15, 0.2) is 48.7 Å². The van der Waals surface area contributed by atoms with Crippen LogP contribution in [-0.2, 0) is 6.54 Å². The molecule has 0 aliphatic carbocycles. The maximum atomic E-state index is 6.30. The van der Waals surface area contributed by atoms with Crippen LogP contribution in [0, 0.1) is 0 Å². The molecule has 6 nitrogen and oxygen atoms in total. The second-order valence-electron chi connectivity index (χ2n) is 8.94. The number of imidazole rings is 1. The summed E-state index contributed by atoms with van der Waals surface area (Å²) in [6, 6.07) is 13.8. The van der Waals surface area contributed by atoms with Gasteiger partial charge in [-0.3, -0.25) is 0 Å². The van der Waals surface area contributed by atoms with E-state index in [1.807, 2.05) is 24.4 Å². The van der Waals surface area contributed by atoms with Crippen molar-refractivity contribution in [1.82, 2.24) is 24.4 Å². The summed E-state index contributed by atoms with van der Waals surface area (Å²) in [5.74, 6) is 1.50. The first-order chi connectivity index (χ1) is 17.1. The minimum absolute atomic E-state index is 0.464. The second kappa shape index (κ2) is 10.9. The highest BCUT2D eigenvalue weighted by Gasteiger charge is 2.19. The fourth-order valence-corrected chi connectivity index (χ4v) is 5.04. The van der Waals surface area contributed by atoms with Crippen molar-refractivity contribution in [3.8, 4) is 22.8 Å². The van der Waals surface area contributed by atoms with Gasteiger partial charge in [-0.15, -0.1) is 0 Å². The van der Waals surface area contributed by atoms with E-state index >= 15 is 0 Å². The third-order valence-corrected chi connectivity index (χ3v) is 7.27. The third kappa shape index (κ3) is 5.30. The summed E-state index contributed by atoms with van der Waals surface area (Å²) in [6.45, 7) is 7.33.